The van der Waals surface area contributed by atoms with Crippen molar-refractivity contribution in [1.29, 1.82) is 0 Å². The van der Waals surface area contributed by atoms with Crippen molar-refractivity contribution in [3.8, 4) is 5.75 Å². The molecule has 0 aliphatic carbocycles. The molecule has 2 unspecified atom stereocenters. The average molecular weight is 547 g/mol. The predicted octanol–water partition coefficient (Wildman–Crippen LogP) is 2.16. The summed E-state index contributed by atoms with van der Waals surface area (Å²) in [6.45, 7) is 0.381. The van der Waals surface area contributed by atoms with Gasteiger partial charge in [0.1, 0.15) is 38.9 Å². The normalized spacial score (nSPS) is 18.7. The molecule has 0 saturated carbocycles. The Morgan fingerprint density at radius 3 is 2.65 bits per heavy atom. The second-order valence-corrected chi connectivity index (χ2v) is 11.7. The fourth-order valence-corrected chi connectivity index (χ4v) is 5.37. The van der Waals surface area contributed by atoms with E-state index < -0.39 is 33.2 Å². The lowest BCUT2D eigenvalue weighted by Crippen LogP contribution is -2.52. The molecule has 37 heavy (non-hydrogen) atoms. The number of hydroxylamine groups is 1. The van der Waals surface area contributed by atoms with Crippen LogP contribution in [-0.2, 0) is 31.6 Å². The first-order chi connectivity index (χ1) is 17.5. The van der Waals surface area contributed by atoms with Crippen LogP contribution in [0.5, 0.6) is 5.75 Å². The molecular weight excluding hydrogens is 520 g/mol. The number of sulfone groups is 1. The Bertz CT molecular complexity index is 1430. The molecule has 2 amide bonds. The number of hydrogen-bond acceptors (Lipinski definition) is 8. The van der Waals surface area contributed by atoms with Crippen molar-refractivity contribution in [2.75, 3.05) is 18.6 Å². The number of amides is 2. The van der Waals surface area contributed by atoms with Gasteiger partial charge in [-0.3, -0.25) is 14.8 Å². The molecule has 12 heteroatoms. The van der Waals surface area contributed by atoms with Crippen LogP contribution in [-0.4, -0.2) is 59.9 Å². The minimum atomic E-state index is -3.39. The van der Waals surface area contributed by atoms with Gasteiger partial charge in [-0.05, 0) is 42.7 Å². The molecule has 2 heterocycles. The molecule has 0 radical (unpaired) electrons. The molecule has 4 N–H and O–H groups in total. The lowest BCUT2D eigenvalue weighted by atomic mass is 9.89. The van der Waals surface area contributed by atoms with E-state index in [0.29, 0.717) is 16.5 Å². The number of ether oxygens (including phenoxy) is 1. The van der Waals surface area contributed by atoms with Gasteiger partial charge < -0.3 is 15.4 Å². The molecule has 2 aromatic carbocycles. The minimum absolute atomic E-state index is 0.130. The zero-order chi connectivity index (χ0) is 26.8. The molecule has 4 rings (SSSR count). The lowest BCUT2D eigenvalue weighted by molar-refractivity contribution is -0.144. The number of carbonyl (C=O) groups excluding carboxylic acids is 2. The molecule has 10 nitrogen and oxygen atoms in total. The number of para-hydroxylation sites is 1. The Morgan fingerprint density at radius 2 is 1.97 bits per heavy atom. The van der Waals surface area contributed by atoms with Gasteiger partial charge in [-0.15, -0.1) is 0 Å². The SMILES string of the molecule is CS(=O)(=O)CCC(C(=O)NO)N1CCC(N)(c2ccc(OCc3cc(Cl)nc4ccccc34)cc2)C1=O. The highest BCUT2D eigenvalue weighted by molar-refractivity contribution is 7.90. The standard InChI is InChI=1S/C25H27ClN4O6S/c1-37(34,35)13-10-21(23(31)29-33)30-12-11-25(27,24(30)32)17-6-8-18(9-7-17)36-15-16-14-22(26)28-20-5-3-2-4-19(16)20/h2-9,14,21,33H,10-13,15,27H2,1H3,(H,29,31). The molecule has 1 saturated heterocycles. The number of benzene rings is 2. The number of hydrogen-bond donors (Lipinski definition) is 3. The van der Waals surface area contributed by atoms with Crippen LogP contribution in [0.25, 0.3) is 10.9 Å². The van der Waals surface area contributed by atoms with Gasteiger partial charge in [0.05, 0.1) is 11.3 Å². The summed E-state index contributed by atoms with van der Waals surface area (Å²) in [5.74, 6) is -1.16. The van der Waals surface area contributed by atoms with E-state index in [1.165, 1.54) is 10.4 Å². The fourth-order valence-electron chi connectivity index (χ4n) is 4.50. The van der Waals surface area contributed by atoms with Crippen LogP contribution in [0.1, 0.15) is 24.0 Å². The second-order valence-electron chi connectivity index (χ2n) is 9.06. The summed E-state index contributed by atoms with van der Waals surface area (Å²) in [7, 11) is -3.39. The van der Waals surface area contributed by atoms with E-state index >= 15 is 0 Å². The molecule has 1 aromatic heterocycles. The Morgan fingerprint density at radius 1 is 1.27 bits per heavy atom. The van der Waals surface area contributed by atoms with Crippen molar-refractivity contribution in [3.63, 3.8) is 0 Å². The molecule has 1 fully saturated rings. The van der Waals surface area contributed by atoms with Crippen molar-refractivity contribution in [1.82, 2.24) is 15.4 Å². The van der Waals surface area contributed by atoms with Crippen molar-refractivity contribution < 1.29 is 28.0 Å². The van der Waals surface area contributed by atoms with Crippen LogP contribution in [0, 0.1) is 0 Å². The summed E-state index contributed by atoms with van der Waals surface area (Å²) >= 11 is 6.15. The largest absolute Gasteiger partial charge is 0.489 e. The van der Waals surface area contributed by atoms with Crippen LogP contribution in [0.15, 0.2) is 54.6 Å². The van der Waals surface area contributed by atoms with E-state index in [9.17, 15) is 18.0 Å². The molecule has 3 aromatic rings. The van der Waals surface area contributed by atoms with Crippen molar-refractivity contribution in [2.24, 2.45) is 5.73 Å². The zero-order valence-corrected chi connectivity index (χ0v) is 21.6. The van der Waals surface area contributed by atoms with Gasteiger partial charge in [0.15, 0.2) is 0 Å². The quantitative estimate of drug-likeness (QED) is 0.210. The maximum Gasteiger partial charge on any atom is 0.266 e. The molecular formula is C25H27ClN4O6S. The molecule has 2 atom stereocenters. The van der Waals surface area contributed by atoms with Crippen LogP contribution in [0.2, 0.25) is 5.15 Å². The lowest BCUT2D eigenvalue weighted by Gasteiger charge is -2.29. The van der Waals surface area contributed by atoms with Gasteiger partial charge in [-0.2, -0.15) is 0 Å². The van der Waals surface area contributed by atoms with Crippen LogP contribution >= 0.6 is 11.6 Å². The van der Waals surface area contributed by atoms with Gasteiger partial charge in [0.25, 0.3) is 5.91 Å². The molecule has 0 bridgehead atoms. The minimum Gasteiger partial charge on any atom is -0.489 e. The number of carbonyl (C=O) groups is 2. The smallest absolute Gasteiger partial charge is 0.266 e. The third kappa shape index (κ3) is 5.85. The number of nitrogens with zero attached hydrogens (tertiary/aromatic N) is 2. The summed E-state index contributed by atoms with van der Waals surface area (Å²) in [4.78, 5) is 31.1. The number of fused-ring (bicyclic) bond motifs is 1. The number of pyridine rings is 1. The molecule has 196 valence electrons. The zero-order valence-electron chi connectivity index (χ0n) is 20.1. The van der Waals surface area contributed by atoms with E-state index in [1.807, 2.05) is 24.3 Å². The molecule has 1 aliphatic heterocycles. The van der Waals surface area contributed by atoms with E-state index in [0.717, 1.165) is 22.7 Å². The first-order valence-electron chi connectivity index (χ1n) is 11.5. The van der Waals surface area contributed by atoms with E-state index in [2.05, 4.69) is 4.98 Å². The van der Waals surface area contributed by atoms with E-state index in [-0.39, 0.29) is 31.7 Å². The Balaban J connectivity index is 1.48. The van der Waals surface area contributed by atoms with Gasteiger partial charge in [-0.1, -0.05) is 41.9 Å². The van der Waals surface area contributed by atoms with E-state index in [4.69, 9.17) is 27.3 Å². The third-order valence-corrected chi connectivity index (χ3v) is 7.65. The number of halogens is 1. The fraction of sp³-hybridized carbons (Fsp3) is 0.320. The highest BCUT2D eigenvalue weighted by Crippen LogP contribution is 2.34. The van der Waals surface area contributed by atoms with Crippen molar-refractivity contribution in [3.05, 3.63) is 70.9 Å². The molecule has 0 spiro atoms. The number of aromatic nitrogens is 1. The first kappa shape index (κ1) is 26.8. The van der Waals surface area contributed by atoms with Crippen molar-refractivity contribution >= 4 is 44.2 Å². The highest BCUT2D eigenvalue weighted by atomic mass is 35.5. The predicted molar refractivity (Wildman–Crippen MR) is 138 cm³/mol. The third-order valence-electron chi connectivity index (χ3n) is 6.48. The number of nitrogens with two attached hydrogens (primary N) is 1. The Kier molecular flexibility index (Phi) is 7.69. The van der Waals surface area contributed by atoms with Crippen LogP contribution in [0.3, 0.4) is 0 Å². The Labute approximate surface area is 219 Å². The summed E-state index contributed by atoms with van der Waals surface area (Å²) in [5.41, 5.74) is 8.78. The number of nitrogens with one attached hydrogen (secondary N) is 1. The van der Waals surface area contributed by atoms with Gasteiger partial charge in [0, 0.05) is 23.8 Å². The average Bonchev–Trinajstić information content (AvgIpc) is 3.17. The van der Waals surface area contributed by atoms with Crippen molar-refractivity contribution in [2.45, 2.75) is 31.0 Å². The molecule has 1 aliphatic rings. The maximum atomic E-state index is 13.3. The van der Waals surface area contributed by atoms with Gasteiger partial charge in [-0.25, -0.2) is 18.9 Å². The maximum absolute atomic E-state index is 13.3. The monoisotopic (exact) mass is 546 g/mol. The number of likely N-dealkylation sites (tertiary alicyclic amines) is 1. The van der Waals surface area contributed by atoms with Gasteiger partial charge in [0.2, 0.25) is 5.91 Å². The van der Waals surface area contributed by atoms with Crippen LogP contribution in [0.4, 0.5) is 0 Å². The Hall–Kier alpha value is -3.25. The summed E-state index contributed by atoms with van der Waals surface area (Å²) in [6.07, 6.45) is 1.09. The summed E-state index contributed by atoms with van der Waals surface area (Å²) in [5, 5.41) is 10.4. The topological polar surface area (TPSA) is 152 Å². The first-order valence-corrected chi connectivity index (χ1v) is 13.9. The van der Waals surface area contributed by atoms with E-state index in [1.54, 1.807) is 30.3 Å². The summed E-state index contributed by atoms with van der Waals surface area (Å²) < 4.78 is 29.2. The highest BCUT2D eigenvalue weighted by Gasteiger charge is 2.48. The summed E-state index contributed by atoms with van der Waals surface area (Å²) in [6, 6.07) is 15.0. The van der Waals surface area contributed by atoms with Gasteiger partial charge >= 0.3 is 0 Å². The van der Waals surface area contributed by atoms with Crippen LogP contribution < -0.4 is 16.0 Å². The second kappa shape index (κ2) is 10.6. The number of rotatable bonds is 9.